The van der Waals surface area contributed by atoms with E-state index in [0.717, 1.165) is 0 Å². The van der Waals surface area contributed by atoms with Crippen LogP contribution in [-0.4, -0.2) is 23.9 Å². The lowest BCUT2D eigenvalue weighted by Gasteiger charge is -2.38. The first-order valence-corrected chi connectivity index (χ1v) is 7.41. The normalized spacial score (nSPS) is 53.6. The molecule has 3 fully saturated rings. The smallest absolute Gasteiger partial charge is 0.103 e. The molecule has 1 saturated carbocycles. The molecule has 0 radical (unpaired) electrons. The van der Waals surface area contributed by atoms with E-state index in [2.05, 4.69) is 39.0 Å². The van der Waals surface area contributed by atoms with Gasteiger partial charge in [-0.1, -0.05) is 12.2 Å². The lowest BCUT2D eigenvalue weighted by Crippen LogP contribution is -2.48. The maximum atomic E-state index is 9.52. The van der Waals surface area contributed by atoms with E-state index in [1.165, 1.54) is 6.42 Å². The van der Waals surface area contributed by atoms with Crippen molar-refractivity contribution in [2.75, 3.05) is 0 Å². The first kappa shape index (κ1) is 11.9. The van der Waals surface area contributed by atoms with Crippen molar-refractivity contribution in [1.82, 2.24) is 0 Å². The molecule has 102 valence electrons. The molecule has 0 spiro atoms. The standard InChI is InChI=1S/C16H21NO2/c1-16(2,3)19-14-10(7-17)13-11-8-4-5-9(6-8)12(11)15(14)18-13/h4-5,8-15H,6H2,1-3H3. The molecule has 3 nitrogen and oxygen atoms in total. The van der Waals surface area contributed by atoms with Crippen LogP contribution in [0.2, 0.25) is 0 Å². The van der Waals surface area contributed by atoms with Crippen LogP contribution in [-0.2, 0) is 9.47 Å². The Morgan fingerprint density at radius 2 is 1.79 bits per heavy atom. The molecule has 4 bridgehead atoms. The third-order valence-corrected chi connectivity index (χ3v) is 5.33. The van der Waals surface area contributed by atoms with E-state index in [-0.39, 0.29) is 29.8 Å². The van der Waals surface area contributed by atoms with Gasteiger partial charge in [0.05, 0.1) is 23.9 Å². The second-order valence-electron chi connectivity index (χ2n) is 7.52. The van der Waals surface area contributed by atoms with Gasteiger partial charge in [-0.2, -0.15) is 5.26 Å². The summed E-state index contributed by atoms with van der Waals surface area (Å²) in [5, 5.41) is 9.52. The molecule has 0 N–H and O–H groups in total. The molecule has 2 aliphatic heterocycles. The highest BCUT2D eigenvalue weighted by Gasteiger charge is 2.67. The molecule has 2 saturated heterocycles. The average molecular weight is 259 g/mol. The Morgan fingerprint density at radius 1 is 1.16 bits per heavy atom. The van der Waals surface area contributed by atoms with Crippen LogP contribution in [0.1, 0.15) is 27.2 Å². The lowest BCUT2D eigenvalue weighted by atomic mass is 9.68. The summed E-state index contributed by atoms with van der Waals surface area (Å²) < 4.78 is 12.4. The molecule has 4 rings (SSSR count). The van der Waals surface area contributed by atoms with Crippen LogP contribution >= 0.6 is 0 Å². The Bertz CT molecular complexity index is 472. The van der Waals surface area contributed by atoms with E-state index in [1.807, 2.05) is 0 Å². The number of allylic oxidation sites excluding steroid dienone is 2. The summed E-state index contributed by atoms with van der Waals surface area (Å²) in [6.07, 6.45) is 6.19. The molecule has 0 aromatic rings. The van der Waals surface area contributed by atoms with Gasteiger partial charge < -0.3 is 9.47 Å². The van der Waals surface area contributed by atoms with Gasteiger partial charge in [-0.3, -0.25) is 0 Å². The van der Waals surface area contributed by atoms with Gasteiger partial charge in [0.1, 0.15) is 12.0 Å². The number of nitrogens with zero attached hydrogens (tertiary/aromatic N) is 1. The van der Waals surface area contributed by atoms with Crippen molar-refractivity contribution in [3.63, 3.8) is 0 Å². The van der Waals surface area contributed by atoms with E-state index >= 15 is 0 Å². The molecular weight excluding hydrogens is 238 g/mol. The molecule has 8 unspecified atom stereocenters. The minimum atomic E-state index is -0.212. The minimum absolute atomic E-state index is 0.0380. The largest absolute Gasteiger partial charge is 0.370 e. The first-order chi connectivity index (χ1) is 8.99. The average Bonchev–Trinajstić information content (AvgIpc) is 3.03. The fourth-order valence-corrected chi connectivity index (χ4v) is 4.89. The molecule has 2 heterocycles. The highest BCUT2D eigenvalue weighted by atomic mass is 16.6. The van der Waals surface area contributed by atoms with Crippen molar-refractivity contribution in [3.05, 3.63) is 12.2 Å². The van der Waals surface area contributed by atoms with Crippen molar-refractivity contribution in [2.24, 2.45) is 29.6 Å². The number of hydrogen-bond donors (Lipinski definition) is 0. The van der Waals surface area contributed by atoms with E-state index in [0.29, 0.717) is 23.7 Å². The van der Waals surface area contributed by atoms with Gasteiger partial charge in [-0.05, 0) is 50.9 Å². The Morgan fingerprint density at radius 3 is 2.37 bits per heavy atom. The van der Waals surface area contributed by atoms with Crippen LogP contribution in [0, 0.1) is 40.9 Å². The van der Waals surface area contributed by atoms with E-state index < -0.39 is 0 Å². The molecule has 3 heteroatoms. The predicted molar refractivity (Wildman–Crippen MR) is 70.1 cm³/mol. The zero-order valence-electron chi connectivity index (χ0n) is 11.7. The Labute approximate surface area is 114 Å². The fourth-order valence-electron chi connectivity index (χ4n) is 4.89. The van der Waals surface area contributed by atoms with E-state index in [1.54, 1.807) is 0 Å². The topological polar surface area (TPSA) is 42.2 Å². The van der Waals surface area contributed by atoms with Crippen LogP contribution < -0.4 is 0 Å². The van der Waals surface area contributed by atoms with Gasteiger partial charge in [-0.15, -0.1) is 0 Å². The third-order valence-electron chi connectivity index (χ3n) is 5.33. The van der Waals surface area contributed by atoms with Crippen LogP contribution in [0.4, 0.5) is 0 Å². The zero-order chi connectivity index (χ0) is 13.4. The van der Waals surface area contributed by atoms with Crippen LogP contribution in [0.25, 0.3) is 0 Å². The number of hydrogen-bond acceptors (Lipinski definition) is 3. The van der Waals surface area contributed by atoms with Gasteiger partial charge >= 0.3 is 0 Å². The van der Waals surface area contributed by atoms with Gasteiger partial charge in [0.2, 0.25) is 0 Å². The third kappa shape index (κ3) is 1.50. The van der Waals surface area contributed by atoms with Crippen LogP contribution in [0.3, 0.4) is 0 Å². The second-order valence-corrected chi connectivity index (χ2v) is 7.52. The van der Waals surface area contributed by atoms with Crippen molar-refractivity contribution in [3.8, 4) is 6.07 Å². The van der Waals surface area contributed by atoms with E-state index in [9.17, 15) is 5.26 Å². The lowest BCUT2D eigenvalue weighted by molar-refractivity contribution is -0.106. The van der Waals surface area contributed by atoms with E-state index in [4.69, 9.17) is 9.47 Å². The quantitative estimate of drug-likeness (QED) is 0.680. The Hall–Kier alpha value is -0.850. The molecule has 0 amide bonds. The van der Waals surface area contributed by atoms with Crippen molar-refractivity contribution < 1.29 is 9.47 Å². The molecule has 0 aromatic heterocycles. The molecule has 4 aliphatic rings. The molecule has 2 aliphatic carbocycles. The molecule has 19 heavy (non-hydrogen) atoms. The highest BCUT2D eigenvalue weighted by molar-refractivity contribution is 5.25. The Balaban J connectivity index is 1.66. The van der Waals surface area contributed by atoms with Crippen LogP contribution in [0.15, 0.2) is 12.2 Å². The van der Waals surface area contributed by atoms with Crippen LogP contribution in [0.5, 0.6) is 0 Å². The summed E-state index contributed by atoms with van der Waals surface area (Å²) in [5.74, 6) is 2.40. The zero-order valence-corrected chi connectivity index (χ0v) is 11.7. The summed E-state index contributed by atoms with van der Waals surface area (Å²) in [4.78, 5) is 0. The van der Waals surface area contributed by atoms with Gasteiger partial charge in [-0.25, -0.2) is 0 Å². The SMILES string of the molecule is CC(C)(C)OC1C(C#N)C2OC1C1C3C=CC(C3)C21. The number of rotatable bonds is 1. The Kier molecular flexibility index (Phi) is 2.27. The maximum Gasteiger partial charge on any atom is 0.103 e. The monoisotopic (exact) mass is 259 g/mol. The number of nitriles is 1. The molecular formula is C16H21NO2. The second kappa shape index (κ2) is 3.62. The highest BCUT2D eigenvalue weighted by Crippen LogP contribution is 2.62. The minimum Gasteiger partial charge on any atom is -0.370 e. The molecule has 8 atom stereocenters. The summed E-state index contributed by atoms with van der Waals surface area (Å²) in [6.45, 7) is 6.18. The van der Waals surface area contributed by atoms with Crippen molar-refractivity contribution in [2.45, 2.75) is 51.1 Å². The maximum absolute atomic E-state index is 9.52. The van der Waals surface area contributed by atoms with Gasteiger partial charge in [0.25, 0.3) is 0 Å². The fraction of sp³-hybridized carbons (Fsp3) is 0.812. The van der Waals surface area contributed by atoms with Crippen molar-refractivity contribution in [1.29, 1.82) is 5.26 Å². The number of fused-ring (bicyclic) bond motifs is 9. The first-order valence-electron chi connectivity index (χ1n) is 7.41. The van der Waals surface area contributed by atoms with Gasteiger partial charge in [0.15, 0.2) is 0 Å². The number of ether oxygens (including phenoxy) is 2. The summed E-state index contributed by atoms with van der Waals surface area (Å²) >= 11 is 0. The van der Waals surface area contributed by atoms with Crippen molar-refractivity contribution >= 4 is 0 Å². The van der Waals surface area contributed by atoms with Gasteiger partial charge in [0, 0.05) is 0 Å². The summed E-state index contributed by atoms with van der Waals surface area (Å²) in [6, 6.07) is 2.47. The molecule has 0 aromatic carbocycles. The summed E-state index contributed by atoms with van der Waals surface area (Å²) in [7, 11) is 0. The summed E-state index contributed by atoms with van der Waals surface area (Å²) in [5.41, 5.74) is -0.212. The predicted octanol–water partition coefficient (Wildman–Crippen LogP) is 2.53.